The third-order valence-corrected chi connectivity index (χ3v) is 13.0. The second-order valence-corrected chi connectivity index (χ2v) is 16.0. The van der Waals surface area contributed by atoms with Crippen LogP contribution in [0.25, 0.3) is 78.1 Å². The van der Waals surface area contributed by atoms with Crippen LogP contribution in [0.3, 0.4) is 0 Å². The summed E-state index contributed by atoms with van der Waals surface area (Å²) in [6.07, 6.45) is 1.89. The van der Waals surface area contributed by atoms with Gasteiger partial charge in [-0.15, -0.1) is 0 Å². The molecule has 10 aromatic rings. The minimum Gasteiger partial charge on any atom is -0.256 e. The topological polar surface area (TPSA) is 51.6 Å². The van der Waals surface area contributed by atoms with Gasteiger partial charge < -0.3 is 0 Å². The van der Waals surface area contributed by atoms with Gasteiger partial charge in [-0.05, 0) is 67.9 Å². The van der Waals surface area contributed by atoms with Crippen molar-refractivity contribution in [2.75, 3.05) is 0 Å². The van der Waals surface area contributed by atoms with Crippen LogP contribution in [0, 0.1) is 0 Å². The van der Waals surface area contributed by atoms with Crippen molar-refractivity contribution in [1.82, 2.24) is 19.9 Å². The Balaban J connectivity index is 1.23. The molecule has 0 saturated carbocycles. The zero-order chi connectivity index (χ0) is 38.2. The van der Waals surface area contributed by atoms with Gasteiger partial charge in [0.2, 0.25) is 0 Å². The monoisotopic (exact) mass is 756 g/mol. The van der Waals surface area contributed by atoms with Gasteiger partial charge in [-0.2, -0.15) is 0 Å². The van der Waals surface area contributed by atoms with Crippen LogP contribution in [0.5, 0.6) is 0 Å². The maximum absolute atomic E-state index is 5.44. The van der Waals surface area contributed by atoms with E-state index in [2.05, 4.69) is 164 Å². The quantitative estimate of drug-likeness (QED) is 0.179. The van der Waals surface area contributed by atoms with Crippen LogP contribution in [0.15, 0.2) is 204 Å². The molecule has 0 atom stereocenters. The first-order valence-electron chi connectivity index (χ1n) is 19.6. The number of aromatic nitrogens is 4. The summed E-state index contributed by atoms with van der Waals surface area (Å²) in [7, 11) is 0. The van der Waals surface area contributed by atoms with E-state index in [0.717, 1.165) is 55.1 Å². The second kappa shape index (κ2) is 12.9. The van der Waals surface area contributed by atoms with Gasteiger partial charge in [-0.3, -0.25) is 4.98 Å². The summed E-state index contributed by atoms with van der Waals surface area (Å²) in [6.45, 7) is 0. The Morgan fingerprint density at radius 1 is 0.362 bits per heavy atom. The van der Waals surface area contributed by atoms with Crippen molar-refractivity contribution in [2.45, 2.75) is 15.2 Å². The largest absolute Gasteiger partial charge is 0.256 e. The molecule has 0 saturated heterocycles. The van der Waals surface area contributed by atoms with E-state index >= 15 is 0 Å². The summed E-state index contributed by atoms with van der Waals surface area (Å²) in [5.41, 5.74) is 12.8. The van der Waals surface area contributed by atoms with E-state index in [1.54, 1.807) is 0 Å². The van der Waals surface area contributed by atoms with Gasteiger partial charge in [0.05, 0.1) is 10.9 Å². The number of rotatable bonds is 4. The highest BCUT2D eigenvalue weighted by atomic mass is 32.2. The second-order valence-electron chi connectivity index (χ2n) is 14.9. The number of benzene rings is 8. The first-order chi connectivity index (χ1) is 28.8. The fourth-order valence-electron chi connectivity index (χ4n) is 9.47. The number of para-hydroxylation sites is 1. The fraction of sp³-hybridized carbons (Fsp3) is 0.0189. The van der Waals surface area contributed by atoms with Gasteiger partial charge in [0.15, 0.2) is 17.5 Å². The molecule has 270 valence electrons. The van der Waals surface area contributed by atoms with Gasteiger partial charge in [0.1, 0.15) is 0 Å². The molecule has 0 bridgehead atoms. The summed E-state index contributed by atoms with van der Waals surface area (Å²) in [5.74, 6) is 1.91. The van der Waals surface area contributed by atoms with Crippen molar-refractivity contribution >= 4 is 33.4 Å². The number of nitrogens with zero attached hydrogens (tertiary/aromatic N) is 4. The zero-order valence-electron chi connectivity index (χ0n) is 31.2. The van der Waals surface area contributed by atoms with Crippen molar-refractivity contribution in [3.8, 4) is 56.4 Å². The molecule has 0 fully saturated rings. The Labute approximate surface area is 340 Å². The Hall–Kier alpha value is -7.21. The van der Waals surface area contributed by atoms with Crippen LogP contribution in [-0.4, -0.2) is 19.9 Å². The van der Waals surface area contributed by atoms with Crippen molar-refractivity contribution in [3.05, 3.63) is 217 Å². The van der Waals surface area contributed by atoms with E-state index in [-0.39, 0.29) is 0 Å². The zero-order valence-corrected chi connectivity index (χ0v) is 32.0. The van der Waals surface area contributed by atoms with Gasteiger partial charge >= 0.3 is 0 Å². The van der Waals surface area contributed by atoms with Gasteiger partial charge in [0.25, 0.3) is 0 Å². The van der Waals surface area contributed by atoms with E-state index in [9.17, 15) is 0 Å². The lowest BCUT2D eigenvalue weighted by Gasteiger charge is -2.39. The Bertz CT molecular complexity index is 3230. The van der Waals surface area contributed by atoms with Crippen molar-refractivity contribution < 1.29 is 0 Å². The maximum atomic E-state index is 5.44. The summed E-state index contributed by atoms with van der Waals surface area (Å²) in [5, 5.41) is 3.34. The lowest BCUT2D eigenvalue weighted by atomic mass is 9.67. The molecular weight excluding hydrogens is 725 g/mol. The molecule has 3 heterocycles. The lowest BCUT2D eigenvalue weighted by Crippen LogP contribution is -2.31. The molecular formula is C53H32N4S. The molecule has 8 aromatic carbocycles. The van der Waals surface area contributed by atoms with Crippen LogP contribution in [0.4, 0.5) is 0 Å². The average molecular weight is 757 g/mol. The number of pyridine rings is 1. The molecule has 0 N–H and O–H groups in total. The molecule has 12 rings (SSSR count). The summed E-state index contributed by atoms with van der Waals surface area (Å²) < 4.78 is 0. The van der Waals surface area contributed by atoms with E-state index in [1.165, 1.54) is 37.6 Å². The van der Waals surface area contributed by atoms with Crippen LogP contribution in [0.2, 0.25) is 0 Å². The summed E-state index contributed by atoms with van der Waals surface area (Å²) >= 11 is 1.85. The molecule has 4 nitrogen and oxygen atoms in total. The average Bonchev–Trinajstić information content (AvgIpc) is 3.60. The van der Waals surface area contributed by atoms with Crippen molar-refractivity contribution in [1.29, 1.82) is 0 Å². The van der Waals surface area contributed by atoms with Crippen molar-refractivity contribution in [2.24, 2.45) is 0 Å². The van der Waals surface area contributed by atoms with Gasteiger partial charge in [-0.25, -0.2) is 15.0 Å². The fourth-order valence-corrected chi connectivity index (χ4v) is 10.7. The molecule has 1 spiro atoms. The van der Waals surface area contributed by atoms with Crippen LogP contribution in [-0.2, 0) is 5.41 Å². The molecule has 1 aliphatic heterocycles. The molecule has 0 unspecified atom stereocenters. The Kier molecular flexibility index (Phi) is 7.34. The van der Waals surface area contributed by atoms with Gasteiger partial charge in [0, 0.05) is 43.6 Å². The number of fused-ring (bicyclic) bond motifs is 11. The normalized spacial score (nSPS) is 13.2. The van der Waals surface area contributed by atoms with Crippen LogP contribution < -0.4 is 0 Å². The van der Waals surface area contributed by atoms with E-state index < -0.39 is 5.41 Å². The molecule has 5 heteroatoms. The third-order valence-electron chi connectivity index (χ3n) is 11.9. The molecule has 58 heavy (non-hydrogen) atoms. The molecule has 0 radical (unpaired) electrons. The number of hydrogen-bond donors (Lipinski definition) is 0. The van der Waals surface area contributed by atoms with Crippen LogP contribution in [0.1, 0.15) is 22.3 Å². The molecule has 2 aromatic heterocycles. The first kappa shape index (κ1) is 33.0. The number of hydrogen-bond acceptors (Lipinski definition) is 5. The molecule has 2 aliphatic rings. The Morgan fingerprint density at radius 3 is 1.66 bits per heavy atom. The summed E-state index contributed by atoms with van der Waals surface area (Å²) in [6, 6.07) is 67.1. The van der Waals surface area contributed by atoms with Gasteiger partial charge in [-0.1, -0.05) is 182 Å². The first-order valence-corrected chi connectivity index (χ1v) is 20.4. The highest BCUT2D eigenvalue weighted by molar-refractivity contribution is 7.99. The van der Waals surface area contributed by atoms with Crippen molar-refractivity contribution in [3.63, 3.8) is 0 Å². The highest BCUT2D eigenvalue weighted by Gasteiger charge is 2.51. The SMILES string of the molecule is c1ccc(-c2nc(-c3cccc4c3-c3c(-c5cccc6cccnc56)cccc3C43c4ccccc4Sc4ccccc43)nc(-c3cccc4ccccc34)n2)cc1. The third kappa shape index (κ3) is 4.77. The molecule has 1 aliphatic carbocycles. The Morgan fingerprint density at radius 2 is 0.879 bits per heavy atom. The van der Waals surface area contributed by atoms with E-state index in [1.807, 2.05) is 42.2 Å². The predicted molar refractivity (Wildman–Crippen MR) is 236 cm³/mol. The van der Waals surface area contributed by atoms with Crippen LogP contribution >= 0.6 is 11.8 Å². The highest BCUT2D eigenvalue weighted by Crippen LogP contribution is 2.64. The smallest absolute Gasteiger partial charge is 0.164 e. The van der Waals surface area contributed by atoms with E-state index in [4.69, 9.17) is 19.9 Å². The minimum atomic E-state index is -0.596. The summed E-state index contributed by atoms with van der Waals surface area (Å²) in [4.78, 5) is 23.5. The molecule has 0 amide bonds. The van der Waals surface area contributed by atoms with E-state index in [0.29, 0.717) is 17.5 Å². The maximum Gasteiger partial charge on any atom is 0.164 e. The predicted octanol–water partition coefficient (Wildman–Crippen LogP) is 13.1. The lowest BCUT2D eigenvalue weighted by molar-refractivity contribution is 0.722. The standard InChI is InChI=1S/C53H32N4S/c1-2-16-35(17-3-1)50-55-51(39-24-10-18-33-15-4-5-21-36(33)39)57-52(56-50)40-25-13-29-44-48(40)47-37(38-23-11-19-34-20-14-32-54-49(34)38)22-12-28-43(47)53(44)41-26-6-8-30-45(41)58-46-31-9-7-27-42(46)53/h1-32H. The minimum absolute atomic E-state index is 0.596.